The molecule has 0 unspecified atom stereocenters. The van der Waals surface area contributed by atoms with E-state index in [9.17, 15) is 4.79 Å². The Morgan fingerprint density at radius 2 is 2.20 bits per heavy atom. The minimum atomic E-state index is -0.968. The first-order chi connectivity index (χ1) is 7.00. The number of fused-ring (bicyclic) bond motifs is 1. The maximum Gasteiger partial charge on any atom is 0.338 e. The van der Waals surface area contributed by atoms with Crippen LogP contribution in [0.25, 0.3) is 0 Å². The van der Waals surface area contributed by atoms with Gasteiger partial charge in [0.1, 0.15) is 0 Å². The van der Waals surface area contributed by atoms with Gasteiger partial charge in [0.2, 0.25) is 0 Å². The van der Waals surface area contributed by atoms with Crippen molar-refractivity contribution in [3.8, 4) is 0 Å². The quantitative estimate of drug-likeness (QED) is 0.705. The molecule has 0 bridgehead atoms. The molecule has 0 aromatic carbocycles. The summed E-state index contributed by atoms with van der Waals surface area (Å²) in [6.45, 7) is 3.03. The van der Waals surface area contributed by atoms with Crippen molar-refractivity contribution in [2.45, 2.75) is 20.0 Å². The highest BCUT2D eigenvalue weighted by Crippen LogP contribution is 2.28. The second-order valence-electron chi connectivity index (χ2n) is 3.89. The molecular formula is C10H13N3O2. The van der Waals surface area contributed by atoms with Crippen LogP contribution in [0.4, 0.5) is 5.69 Å². The first kappa shape index (κ1) is 9.92. The normalized spacial score (nSPS) is 15.3. The molecule has 0 aliphatic carbocycles. The maximum atomic E-state index is 11.1. The van der Waals surface area contributed by atoms with Crippen molar-refractivity contribution in [3.05, 3.63) is 22.5 Å². The van der Waals surface area contributed by atoms with Crippen molar-refractivity contribution in [3.63, 3.8) is 0 Å². The number of nitrogens with two attached hydrogens (primary N) is 1. The maximum absolute atomic E-state index is 11.1. The van der Waals surface area contributed by atoms with Crippen LogP contribution in [0, 0.1) is 6.92 Å². The number of hydrogen-bond acceptors (Lipinski definition) is 4. The van der Waals surface area contributed by atoms with E-state index < -0.39 is 5.97 Å². The van der Waals surface area contributed by atoms with E-state index >= 15 is 0 Å². The van der Waals surface area contributed by atoms with Gasteiger partial charge in [-0.05, 0) is 14.0 Å². The lowest BCUT2D eigenvalue weighted by Crippen LogP contribution is -2.11. The van der Waals surface area contributed by atoms with Crippen LogP contribution in [0.5, 0.6) is 0 Å². The summed E-state index contributed by atoms with van der Waals surface area (Å²) >= 11 is 0. The zero-order chi connectivity index (χ0) is 11.2. The number of nitrogens with zero attached hydrogens (tertiary/aromatic N) is 2. The van der Waals surface area contributed by atoms with Crippen molar-refractivity contribution >= 4 is 11.7 Å². The van der Waals surface area contributed by atoms with Gasteiger partial charge in [-0.1, -0.05) is 0 Å². The van der Waals surface area contributed by atoms with E-state index in [1.54, 1.807) is 6.92 Å². The Balaban J connectivity index is 2.67. The van der Waals surface area contributed by atoms with Crippen LogP contribution in [-0.4, -0.2) is 28.0 Å². The number of carboxylic acid groups (broad SMARTS) is 1. The number of anilines is 1. The van der Waals surface area contributed by atoms with Gasteiger partial charge in [0.15, 0.2) is 0 Å². The predicted molar refractivity (Wildman–Crippen MR) is 55.5 cm³/mol. The molecule has 1 aliphatic rings. The molecule has 1 aromatic rings. The first-order valence-electron chi connectivity index (χ1n) is 4.70. The summed E-state index contributed by atoms with van der Waals surface area (Å²) in [4.78, 5) is 17.4. The van der Waals surface area contributed by atoms with E-state index in [0.717, 1.165) is 11.3 Å². The molecule has 2 heterocycles. The van der Waals surface area contributed by atoms with E-state index in [4.69, 9.17) is 10.8 Å². The lowest BCUT2D eigenvalue weighted by Gasteiger charge is -2.09. The Bertz CT molecular complexity index is 443. The number of carbonyl (C=O) groups is 1. The lowest BCUT2D eigenvalue weighted by atomic mass is 10.0. The molecular weight excluding hydrogens is 194 g/mol. The third-order valence-electron chi connectivity index (χ3n) is 2.67. The molecule has 5 nitrogen and oxygen atoms in total. The number of pyridine rings is 1. The summed E-state index contributed by atoms with van der Waals surface area (Å²) in [6, 6.07) is 0. The highest BCUT2D eigenvalue weighted by molar-refractivity contribution is 5.96. The van der Waals surface area contributed by atoms with Crippen molar-refractivity contribution in [2.75, 3.05) is 12.8 Å². The van der Waals surface area contributed by atoms with Crippen molar-refractivity contribution < 1.29 is 9.90 Å². The van der Waals surface area contributed by atoms with Crippen molar-refractivity contribution in [1.82, 2.24) is 9.88 Å². The molecule has 0 fully saturated rings. The number of aromatic nitrogens is 1. The summed E-state index contributed by atoms with van der Waals surface area (Å²) in [5.74, 6) is -0.968. The third-order valence-corrected chi connectivity index (χ3v) is 2.67. The summed E-state index contributed by atoms with van der Waals surface area (Å²) in [6.07, 6.45) is 0. The fraction of sp³-hybridized carbons (Fsp3) is 0.400. The Kier molecular flexibility index (Phi) is 2.12. The van der Waals surface area contributed by atoms with Gasteiger partial charge in [0.25, 0.3) is 0 Å². The number of aromatic carboxylic acids is 1. The van der Waals surface area contributed by atoms with Crippen LogP contribution in [0.3, 0.4) is 0 Å². The molecule has 80 valence electrons. The molecule has 5 heteroatoms. The molecule has 3 N–H and O–H groups in total. The molecule has 0 saturated heterocycles. The highest BCUT2D eigenvalue weighted by atomic mass is 16.4. The van der Waals surface area contributed by atoms with Crippen LogP contribution >= 0.6 is 0 Å². The Hall–Kier alpha value is -1.62. The predicted octanol–water partition coefficient (Wildman–Crippen LogP) is 0.616. The fourth-order valence-electron chi connectivity index (χ4n) is 1.94. The van der Waals surface area contributed by atoms with Gasteiger partial charge in [0, 0.05) is 18.7 Å². The summed E-state index contributed by atoms with van der Waals surface area (Å²) in [5, 5.41) is 9.11. The van der Waals surface area contributed by atoms with Crippen molar-refractivity contribution in [1.29, 1.82) is 0 Å². The zero-order valence-corrected chi connectivity index (χ0v) is 8.74. The van der Waals surface area contributed by atoms with Crippen LogP contribution < -0.4 is 5.73 Å². The van der Waals surface area contributed by atoms with Crippen LogP contribution in [0.15, 0.2) is 0 Å². The smallest absolute Gasteiger partial charge is 0.338 e. The minimum absolute atomic E-state index is 0.224. The molecule has 1 aliphatic heterocycles. The van der Waals surface area contributed by atoms with Gasteiger partial charge < -0.3 is 10.8 Å². The monoisotopic (exact) mass is 207 g/mol. The van der Waals surface area contributed by atoms with Gasteiger partial charge in [-0.3, -0.25) is 9.88 Å². The molecule has 2 rings (SSSR count). The van der Waals surface area contributed by atoms with E-state index in [1.165, 1.54) is 0 Å². The Labute approximate surface area is 87.5 Å². The molecule has 0 atom stereocenters. The van der Waals surface area contributed by atoms with Gasteiger partial charge in [-0.25, -0.2) is 4.79 Å². The third kappa shape index (κ3) is 1.45. The van der Waals surface area contributed by atoms with E-state index in [-0.39, 0.29) is 11.3 Å². The average molecular weight is 207 g/mol. The lowest BCUT2D eigenvalue weighted by molar-refractivity contribution is 0.0696. The summed E-state index contributed by atoms with van der Waals surface area (Å²) in [7, 11) is 1.93. The Morgan fingerprint density at radius 1 is 1.53 bits per heavy atom. The van der Waals surface area contributed by atoms with E-state index in [0.29, 0.717) is 18.8 Å². The van der Waals surface area contributed by atoms with Crippen LogP contribution in [0.1, 0.15) is 27.3 Å². The van der Waals surface area contributed by atoms with Gasteiger partial charge in [0.05, 0.1) is 22.6 Å². The fourth-order valence-corrected chi connectivity index (χ4v) is 1.94. The van der Waals surface area contributed by atoms with Crippen LogP contribution in [-0.2, 0) is 13.1 Å². The first-order valence-corrected chi connectivity index (χ1v) is 4.70. The SMILES string of the molecule is Cc1nc2c(c(C(=O)O)c1N)CN(C)C2. The molecule has 0 spiro atoms. The topological polar surface area (TPSA) is 79.4 Å². The number of aryl methyl sites for hydroxylation is 1. The number of carboxylic acids is 1. The van der Waals surface area contributed by atoms with Gasteiger partial charge >= 0.3 is 5.97 Å². The van der Waals surface area contributed by atoms with Crippen molar-refractivity contribution in [2.24, 2.45) is 0 Å². The van der Waals surface area contributed by atoms with Gasteiger partial charge in [-0.2, -0.15) is 0 Å². The molecule has 15 heavy (non-hydrogen) atoms. The van der Waals surface area contributed by atoms with E-state index in [1.807, 2.05) is 11.9 Å². The largest absolute Gasteiger partial charge is 0.478 e. The average Bonchev–Trinajstić information content (AvgIpc) is 2.46. The molecule has 1 aromatic heterocycles. The second kappa shape index (κ2) is 3.20. The minimum Gasteiger partial charge on any atom is -0.478 e. The standard InChI is InChI=1S/C10H13N3O2/c1-5-9(11)8(10(14)15)6-3-13(2)4-7(6)12-5/h3-4,11H2,1-2H3,(H,14,15). The molecule has 0 amide bonds. The zero-order valence-electron chi connectivity index (χ0n) is 8.74. The molecule has 0 saturated carbocycles. The molecule has 0 radical (unpaired) electrons. The Morgan fingerprint density at radius 3 is 2.80 bits per heavy atom. The number of hydrogen-bond donors (Lipinski definition) is 2. The van der Waals surface area contributed by atoms with Gasteiger partial charge in [-0.15, -0.1) is 0 Å². The number of rotatable bonds is 1. The summed E-state index contributed by atoms with van der Waals surface area (Å²) in [5.41, 5.74) is 8.44. The summed E-state index contributed by atoms with van der Waals surface area (Å²) < 4.78 is 0. The van der Waals surface area contributed by atoms with E-state index in [2.05, 4.69) is 4.98 Å². The highest BCUT2D eigenvalue weighted by Gasteiger charge is 2.26. The van der Waals surface area contributed by atoms with Crippen LogP contribution in [0.2, 0.25) is 0 Å². The second-order valence-corrected chi connectivity index (χ2v) is 3.89. The number of nitrogen functional groups attached to an aromatic ring is 1.